The standard InChI is InChI=1S/C25H22F3N3O3/c1-24(2,3)12-11-17-15-30(4)29-23(17)20-14-18(31(33)34)10-9-16(20)13-22(32)19-7-5-6-8-21(19)25(26,27)28/h5-10,14-15H,13H2,1-4H3. The summed E-state index contributed by atoms with van der Waals surface area (Å²) in [5.74, 6) is 5.34. The van der Waals surface area contributed by atoms with Crippen molar-refractivity contribution in [2.75, 3.05) is 0 Å². The third-order valence-electron chi connectivity index (χ3n) is 4.84. The molecule has 0 amide bonds. The summed E-state index contributed by atoms with van der Waals surface area (Å²) in [6, 6.07) is 8.40. The number of rotatable bonds is 5. The lowest BCUT2D eigenvalue weighted by atomic mass is 9.93. The topological polar surface area (TPSA) is 78.0 Å². The van der Waals surface area contributed by atoms with Crippen LogP contribution in [0, 0.1) is 27.4 Å². The Morgan fingerprint density at radius 1 is 1.15 bits per heavy atom. The van der Waals surface area contributed by atoms with Crippen molar-refractivity contribution < 1.29 is 22.9 Å². The summed E-state index contributed by atoms with van der Waals surface area (Å²) >= 11 is 0. The Morgan fingerprint density at radius 3 is 2.44 bits per heavy atom. The average molecular weight is 469 g/mol. The number of benzene rings is 2. The van der Waals surface area contributed by atoms with Crippen LogP contribution in [0.1, 0.15) is 47.8 Å². The number of nitro groups is 1. The van der Waals surface area contributed by atoms with E-state index in [2.05, 4.69) is 16.9 Å². The quantitative estimate of drug-likeness (QED) is 0.204. The zero-order valence-electron chi connectivity index (χ0n) is 19.0. The van der Waals surface area contributed by atoms with Gasteiger partial charge < -0.3 is 0 Å². The Kier molecular flexibility index (Phi) is 6.64. The molecule has 3 aromatic rings. The number of hydrogen-bond donors (Lipinski definition) is 0. The number of non-ortho nitro benzene ring substituents is 1. The number of ketones is 1. The molecule has 0 aliphatic rings. The molecule has 0 atom stereocenters. The largest absolute Gasteiger partial charge is 0.417 e. The van der Waals surface area contributed by atoms with E-state index in [-0.39, 0.29) is 16.7 Å². The Balaban J connectivity index is 2.14. The van der Waals surface area contributed by atoms with Crippen LogP contribution >= 0.6 is 0 Å². The molecule has 1 aromatic heterocycles. The Morgan fingerprint density at radius 2 is 1.82 bits per heavy atom. The molecule has 0 saturated carbocycles. The Hall–Kier alpha value is -3.93. The molecule has 3 rings (SSSR count). The van der Waals surface area contributed by atoms with E-state index < -0.39 is 34.4 Å². The molecule has 1 heterocycles. The molecule has 0 saturated heterocycles. The summed E-state index contributed by atoms with van der Waals surface area (Å²) in [6.07, 6.45) is -3.44. The van der Waals surface area contributed by atoms with Gasteiger partial charge in [-0.05, 0) is 32.4 Å². The zero-order valence-corrected chi connectivity index (χ0v) is 19.0. The molecular formula is C25H22F3N3O3. The first-order valence-corrected chi connectivity index (χ1v) is 10.3. The maximum atomic E-state index is 13.4. The van der Waals surface area contributed by atoms with Crippen LogP contribution in [0.25, 0.3) is 11.3 Å². The van der Waals surface area contributed by atoms with E-state index in [4.69, 9.17) is 0 Å². The normalized spacial score (nSPS) is 11.6. The van der Waals surface area contributed by atoms with Crippen LogP contribution in [0.5, 0.6) is 0 Å². The number of hydrogen-bond acceptors (Lipinski definition) is 4. The SMILES string of the molecule is Cn1cc(C#CC(C)(C)C)c(-c2cc([N+](=O)[O-])ccc2CC(=O)c2ccccc2C(F)(F)F)n1. The number of nitro benzene ring substituents is 1. The van der Waals surface area contributed by atoms with Crippen molar-refractivity contribution >= 4 is 11.5 Å². The van der Waals surface area contributed by atoms with E-state index >= 15 is 0 Å². The highest BCUT2D eigenvalue weighted by Gasteiger charge is 2.35. The molecule has 0 aliphatic heterocycles. The van der Waals surface area contributed by atoms with Gasteiger partial charge in [0.25, 0.3) is 5.69 Å². The summed E-state index contributed by atoms with van der Waals surface area (Å²) in [6.45, 7) is 5.77. The fourth-order valence-corrected chi connectivity index (χ4v) is 3.33. The number of carbonyl (C=O) groups excluding carboxylic acids is 1. The van der Waals surface area contributed by atoms with Crippen molar-refractivity contribution in [3.63, 3.8) is 0 Å². The first kappa shape index (κ1) is 24.7. The highest BCUT2D eigenvalue weighted by molar-refractivity contribution is 6.00. The first-order valence-electron chi connectivity index (χ1n) is 10.3. The average Bonchev–Trinajstić information content (AvgIpc) is 3.11. The Labute approximate surface area is 194 Å². The summed E-state index contributed by atoms with van der Waals surface area (Å²) in [7, 11) is 1.66. The van der Waals surface area contributed by atoms with Gasteiger partial charge in [0.15, 0.2) is 5.78 Å². The van der Waals surface area contributed by atoms with Gasteiger partial charge in [-0.2, -0.15) is 18.3 Å². The molecule has 0 fully saturated rings. The minimum absolute atomic E-state index is 0.234. The number of nitrogens with zero attached hydrogens (tertiary/aromatic N) is 3. The molecule has 0 unspecified atom stereocenters. The summed E-state index contributed by atoms with van der Waals surface area (Å²) in [5, 5.41) is 15.8. The second kappa shape index (κ2) is 9.14. The third-order valence-corrected chi connectivity index (χ3v) is 4.84. The van der Waals surface area contributed by atoms with Crippen LogP contribution in [0.3, 0.4) is 0 Å². The lowest BCUT2D eigenvalue weighted by Crippen LogP contribution is -2.14. The van der Waals surface area contributed by atoms with E-state index in [1.807, 2.05) is 20.8 Å². The molecule has 0 aliphatic carbocycles. The van der Waals surface area contributed by atoms with Crippen LogP contribution in [-0.2, 0) is 19.6 Å². The second-order valence-corrected chi connectivity index (χ2v) is 8.81. The number of Topliss-reactive ketones (excluding diaryl/α,β-unsaturated/α-hetero) is 1. The van der Waals surface area contributed by atoms with Crippen LogP contribution < -0.4 is 0 Å². The summed E-state index contributed by atoms with van der Waals surface area (Å²) in [4.78, 5) is 23.8. The van der Waals surface area contributed by atoms with Crippen molar-refractivity contribution in [1.29, 1.82) is 0 Å². The lowest BCUT2D eigenvalue weighted by molar-refractivity contribution is -0.384. The van der Waals surface area contributed by atoms with Crippen LogP contribution in [0.15, 0.2) is 48.7 Å². The lowest BCUT2D eigenvalue weighted by Gasteiger charge is -2.13. The molecule has 0 bridgehead atoms. The predicted octanol–water partition coefficient (Wildman–Crippen LogP) is 5.84. The monoisotopic (exact) mass is 469 g/mol. The minimum Gasteiger partial charge on any atom is -0.294 e. The number of carbonyl (C=O) groups is 1. The number of alkyl halides is 3. The molecule has 176 valence electrons. The molecule has 34 heavy (non-hydrogen) atoms. The molecule has 6 nitrogen and oxygen atoms in total. The molecular weight excluding hydrogens is 447 g/mol. The van der Waals surface area contributed by atoms with Gasteiger partial charge in [0.05, 0.1) is 16.1 Å². The van der Waals surface area contributed by atoms with Gasteiger partial charge in [0.1, 0.15) is 5.69 Å². The van der Waals surface area contributed by atoms with E-state index in [0.717, 1.165) is 12.1 Å². The van der Waals surface area contributed by atoms with Gasteiger partial charge in [-0.15, -0.1) is 0 Å². The van der Waals surface area contributed by atoms with Crippen molar-refractivity contribution in [2.24, 2.45) is 12.5 Å². The number of aryl methyl sites for hydroxylation is 1. The smallest absolute Gasteiger partial charge is 0.294 e. The van der Waals surface area contributed by atoms with Crippen LogP contribution in [-0.4, -0.2) is 20.5 Å². The Bertz CT molecular complexity index is 1320. The van der Waals surface area contributed by atoms with E-state index in [0.29, 0.717) is 16.8 Å². The molecule has 0 spiro atoms. The fraction of sp³-hybridized carbons (Fsp3) is 0.280. The number of aromatic nitrogens is 2. The predicted molar refractivity (Wildman–Crippen MR) is 121 cm³/mol. The van der Waals surface area contributed by atoms with Crippen molar-refractivity contribution in [1.82, 2.24) is 9.78 Å². The fourth-order valence-electron chi connectivity index (χ4n) is 3.33. The number of halogens is 3. The van der Waals surface area contributed by atoms with E-state index in [1.54, 1.807) is 13.2 Å². The van der Waals surface area contributed by atoms with Gasteiger partial charge in [-0.1, -0.05) is 36.1 Å². The van der Waals surface area contributed by atoms with Crippen molar-refractivity contribution in [3.8, 4) is 23.1 Å². The van der Waals surface area contributed by atoms with Crippen molar-refractivity contribution in [3.05, 3.63) is 81.0 Å². The highest BCUT2D eigenvalue weighted by atomic mass is 19.4. The van der Waals surface area contributed by atoms with Gasteiger partial charge >= 0.3 is 6.18 Å². The maximum Gasteiger partial charge on any atom is 0.417 e. The zero-order chi connectivity index (χ0) is 25.3. The van der Waals surface area contributed by atoms with Crippen LogP contribution in [0.4, 0.5) is 18.9 Å². The van der Waals surface area contributed by atoms with Gasteiger partial charge in [0, 0.05) is 48.3 Å². The third kappa shape index (κ3) is 5.70. The molecule has 9 heteroatoms. The van der Waals surface area contributed by atoms with E-state index in [9.17, 15) is 28.1 Å². The van der Waals surface area contributed by atoms with Crippen LogP contribution in [0.2, 0.25) is 0 Å². The molecule has 0 N–H and O–H groups in total. The molecule has 0 radical (unpaired) electrons. The van der Waals surface area contributed by atoms with Crippen molar-refractivity contribution in [2.45, 2.75) is 33.4 Å². The van der Waals surface area contributed by atoms with E-state index in [1.165, 1.54) is 35.0 Å². The van der Waals surface area contributed by atoms with Gasteiger partial charge in [-0.25, -0.2) is 0 Å². The summed E-state index contributed by atoms with van der Waals surface area (Å²) in [5.41, 5.74) is -0.669. The summed E-state index contributed by atoms with van der Waals surface area (Å²) < 4.78 is 41.7. The van der Waals surface area contributed by atoms with Gasteiger partial charge in [-0.3, -0.25) is 19.6 Å². The highest BCUT2D eigenvalue weighted by Crippen LogP contribution is 2.34. The molecule has 2 aromatic carbocycles. The minimum atomic E-state index is -4.69. The second-order valence-electron chi connectivity index (χ2n) is 8.81. The van der Waals surface area contributed by atoms with Gasteiger partial charge in [0.2, 0.25) is 0 Å². The maximum absolute atomic E-state index is 13.4. The first-order chi connectivity index (χ1) is 15.8.